The third-order valence-corrected chi connectivity index (χ3v) is 5.02. The van der Waals surface area contributed by atoms with Gasteiger partial charge in [-0.1, -0.05) is 48.5 Å². The molecule has 1 unspecified atom stereocenters. The molecular formula is C24H22N2O5. The van der Waals surface area contributed by atoms with Crippen molar-refractivity contribution in [2.24, 2.45) is 5.73 Å². The molecule has 0 radical (unpaired) electrons. The molecule has 3 N–H and O–H groups in total. The third-order valence-electron chi connectivity index (χ3n) is 5.02. The Kier molecular flexibility index (Phi) is 6.41. The van der Waals surface area contributed by atoms with Gasteiger partial charge in [0.15, 0.2) is 0 Å². The average molecular weight is 418 g/mol. The highest BCUT2D eigenvalue weighted by Gasteiger charge is 2.36. The number of carbonyl (C=O) groups excluding carboxylic acids is 1. The van der Waals surface area contributed by atoms with Gasteiger partial charge in [0.1, 0.15) is 17.4 Å². The molecule has 1 atom stereocenters. The van der Waals surface area contributed by atoms with Crippen LogP contribution in [0.15, 0.2) is 71.3 Å². The summed E-state index contributed by atoms with van der Waals surface area (Å²) >= 11 is 0. The van der Waals surface area contributed by atoms with Gasteiger partial charge in [-0.15, -0.1) is 0 Å². The Bertz CT molecular complexity index is 1120. The van der Waals surface area contributed by atoms with Gasteiger partial charge in [0, 0.05) is 0 Å². The van der Waals surface area contributed by atoms with Crippen LogP contribution in [0.3, 0.4) is 0 Å². The lowest BCUT2D eigenvalue weighted by Gasteiger charge is -2.27. The first kappa shape index (κ1) is 21.7. The fraction of sp³-hybridized carbons (Fsp3) is 0.208. The van der Waals surface area contributed by atoms with Crippen molar-refractivity contribution in [3.63, 3.8) is 0 Å². The number of rotatable bonds is 6. The number of hydrogen-bond donors (Lipinski definition) is 2. The van der Waals surface area contributed by atoms with Gasteiger partial charge >= 0.3 is 11.9 Å². The van der Waals surface area contributed by atoms with Gasteiger partial charge in [-0.2, -0.15) is 5.26 Å². The van der Waals surface area contributed by atoms with Crippen molar-refractivity contribution in [2.45, 2.75) is 26.2 Å². The fourth-order valence-corrected chi connectivity index (χ4v) is 3.66. The Morgan fingerprint density at radius 1 is 1.19 bits per heavy atom. The second-order valence-corrected chi connectivity index (χ2v) is 6.96. The summed E-state index contributed by atoms with van der Waals surface area (Å²) in [4.78, 5) is 23.8. The molecule has 0 fully saturated rings. The van der Waals surface area contributed by atoms with Crippen LogP contribution in [-0.4, -0.2) is 23.7 Å². The fourth-order valence-electron chi connectivity index (χ4n) is 3.66. The normalized spacial score (nSPS) is 15.8. The molecular weight excluding hydrogens is 396 g/mol. The van der Waals surface area contributed by atoms with Crippen LogP contribution in [0.5, 0.6) is 0 Å². The minimum atomic E-state index is -0.912. The maximum Gasteiger partial charge on any atom is 0.338 e. The minimum Gasteiger partial charge on any atom is -0.481 e. The first-order valence-corrected chi connectivity index (χ1v) is 9.72. The SMILES string of the molecule is CCOC(=O)C1=C(C)OC(N)=C(C#N)C1c1ccc(-c2ccccc2CC(=O)O)cc1. The van der Waals surface area contributed by atoms with Gasteiger partial charge in [-0.05, 0) is 36.1 Å². The highest BCUT2D eigenvalue weighted by atomic mass is 16.5. The summed E-state index contributed by atoms with van der Waals surface area (Å²) in [6.45, 7) is 3.49. The number of benzene rings is 2. The topological polar surface area (TPSA) is 123 Å². The van der Waals surface area contributed by atoms with Crippen molar-refractivity contribution in [3.8, 4) is 17.2 Å². The first-order chi connectivity index (χ1) is 14.9. The summed E-state index contributed by atoms with van der Waals surface area (Å²) in [5, 5.41) is 18.8. The van der Waals surface area contributed by atoms with E-state index in [1.807, 2.05) is 30.3 Å². The van der Waals surface area contributed by atoms with E-state index >= 15 is 0 Å². The summed E-state index contributed by atoms with van der Waals surface area (Å²) in [6.07, 6.45) is -0.0926. The maximum absolute atomic E-state index is 12.6. The third kappa shape index (κ3) is 4.43. The minimum absolute atomic E-state index is 0.0473. The molecule has 0 amide bonds. The van der Waals surface area contributed by atoms with E-state index in [1.165, 1.54) is 0 Å². The smallest absolute Gasteiger partial charge is 0.338 e. The lowest BCUT2D eigenvalue weighted by atomic mass is 9.82. The number of ether oxygens (including phenoxy) is 2. The van der Waals surface area contributed by atoms with Crippen LogP contribution in [0.2, 0.25) is 0 Å². The van der Waals surface area contributed by atoms with Crippen LogP contribution >= 0.6 is 0 Å². The van der Waals surface area contributed by atoms with E-state index in [0.717, 1.165) is 11.1 Å². The number of hydrogen-bond acceptors (Lipinski definition) is 6. The van der Waals surface area contributed by atoms with E-state index < -0.39 is 17.9 Å². The summed E-state index contributed by atoms with van der Waals surface area (Å²) < 4.78 is 10.6. The molecule has 7 nitrogen and oxygen atoms in total. The molecule has 0 bridgehead atoms. The molecule has 0 saturated carbocycles. The van der Waals surface area contributed by atoms with Crippen LogP contribution < -0.4 is 5.73 Å². The predicted octanol–water partition coefficient (Wildman–Crippen LogP) is 3.63. The Hall–Kier alpha value is -4.05. The van der Waals surface area contributed by atoms with E-state index in [-0.39, 0.29) is 35.8 Å². The van der Waals surface area contributed by atoms with Crippen molar-refractivity contribution < 1.29 is 24.2 Å². The monoisotopic (exact) mass is 418 g/mol. The molecule has 1 aliphatic heterocycles. The summed E-state index contributed by atoms with van der Waals surface area (Å²) in [7, 11) is 0. The number of aliphatic carboxylic acids is 1. The second kappa shape index (κ2) is 9.18. The lowest BCUT2D eigenvalue weighted by molar-refractivity contribution is -0.139. The lowest BCUT2D eigenvalue weighted by Crippen LogP contribution is -2.25. The van der Waals surface area contributed by atoms with Gasteiger partial charge < -0.3 is 20.3 Å². The number of nitriles is 1. The van der Waals surface area contributed by atoms with Gasteiger partial charge in [0.2, 0.25) is 5.88 Å². The molecule has 158 valence electrons. The Morgan fingerprint density at radius 2 is 1.87 bits per heavy atom. The number of carboxylic acids is 1. The maximum atomic E-state index is 12.6. The molecule has 7 heteroatoms. The molecule has 2 aromatic carbocycles. The number of nitrogens with zero attached hydrogens (tertiary/aromatic N) is 1. The van der Waals surface area contributed by atoms with E-state index in [0.29, 0.717) is 11.1 Å². The van der Waals surface area contributed by atoms with Crippen LogP contribution in [0, 0.1) is 11.3 Å². The van der Waals surface area contributed by atoms with Gasteiger partial charge in [0.25, 0.3) is 0 Å². The average Bonchev–Trinajstić information content (AvgIpc) is 2.73. The van der Waals surface area contributed by atoms with Crippen LogP contribution in [0.4, 0.5) is 0 Å². The highest BCUT2D eigenvalue weighted by Crippen LogP contribution is 2.40. The standard InChI is InChI=1S/C24H22N2O5/c1-3-30-24(29)21-14(2)31-23(26)19(13-25)22(21)16-10-8-15(9-11-16)18-7-5-4-6-17(18)12-20(27)28/h4-11,22H,3,12,26H2,1-2H3,(H,27,28). The quantitative estimate of drug-likeness (QED) is 0.687. The Labute approximate surface area is 180 Å². The molecule has 0 spiro atoms. The van der Waals surface area contributed by atoms with Crippen molar-refractivity contribution >= 4 is 11.9 Å². The Morgan fingerprint density at radius 3 is 2.48 bits per heavy atom. The van der Waals surface area contributed by atoms with Gasteiger partial charge in [0.05, 0.1) is 24.5 Å². The van der Waals surface area contributed by atoms with Crippen molar-refractivity contribution in [1.82, 2.24) is 0 Å². The van der Waals surface area contributed by atoms with E-state index in [2.05, 4.69) is 0 Å². The van der Waals surface area contributed by atoms with Crippen molar-refractivity contribution in [2.75, 3.05) is 6.61 Å². The zero-order chi connectivity index (χ0) is 22.5. The number of carboxylic acid groups (broad SMARTS) is 1. The van der Waals surface area contributed by atoms with Gasteiger partial charge in [-0.3, -0.25) is 4.79 Å². The van der Waals surface area contributed by atoms with Crippen LogP contribution in [-0.2, 0) is 25.5 Å². The predicted molar refractivity (Wildman–Crippen MR) is 113 cm³/mol. The number of nitrogens with two attached hydrogens (primary N) is 1. The molecule has 31 heavy (non-hydrogen) atoms. The number of carbonyl (C=O) groups is 2. The highest BCUT2D eigenvalue weighted by molar-refractivity contribution is 5.92. The van der Waals surface area contributed by atoms with Crippen LogP contribution in [0.1, 0.15) is 30.9 Å². The van der Waals surface area contributed by atoms with E-state index in [9.17, 15) is 20.0 Å². The molecule has 1 heterocycles. The summed E-state index contributed by atoms with van der Waals surface area (Å²) in [6, 6.07) is 16.6. The summed E-state index contributed by atoms with van der Waals surface area (Å²) in [5.74, 6) is -1.96. The number of esters is 1. The first-order valence-electron chi connectivity index (χ1n) is 9.72. The molecule has 0 aliphatic carbocycles. The molecule has 2 aromatic rings. The number of allylic oxidation sites excluding steroid dienone is 2. The van der Waals surface area contributed by atoms with Crippen molar-refractivity contribution in [3.05, 3.63) is 82.4 Å². The molecule has 0 aromatic heterocycles. The second-order valence-electron chi connectivity index (χ2n) is 6.96. The van der Waals surface area contributed by atoms with E-state index in [4.69, 9.17) is 15.2 Å². The zero-order valence-corrected chi connectivity index (χ0v) is 17.2. The van der Waals surface area contributed by atoms with E-state index in [1.54, 1.807) is 38.1 Å². The molecule has 3 rings (SSSR count). The summed E-state index contributed by atoms with van der Waals surface area (Å²) in [5.41, 5.74) is 9.27. The van der Waals surface area contributed by atoms with Crippen LogP contribution in [0.25, 0.3) is 11.1 Å². The zero-order valence-electron chi connectivity index (χ0n) is 17.2. The largest absolute Gasteiger partial charge is 0.481 e. The van der Waals surface area contributed by atoms with Gasteiger partial charge in [-0.25, -0.2) is 4.79 Å². The Balaban J connectivity index is 2.05. The molecule has 1 aliphatic rings. The molecule has 0 saturated heterocycles. The van der Waals surface area contributed by atoms with Crippen molar-refractivity contribution in [1.29, 1.82) is 5.26 Å².